The van der Waals surface area contributed by atoms with E-state index >= 15 is 0 Å². The van der Waals surface area contributed by atoms with Gasteiger partial charge in [0.1, 0.15) is 0 Å². The van der Waals surface area contributed by atoms with E-state index in [2.05, 4.69) is 5.43 Å². The monoisotopic (exact) mass is 216 g/mol. The SMILES string of the molecule is CC(C)=C1C(=O)N(c2ccccc2)NC1C. The molecule has 0 radical (unpaired) electrons. The fraction of sp³-hybridized carbons (Fsp3) is 0.308. The molecule has 3 heteroatoms. The Bertz CT molecular complexity index is 433. The molecule has 0 saturated carbocycles. The molecule has 2 rings (SSSR count). The molecule has 0 aliphatic carbocycles. The first kappa shape index (κ1) is 10.9. The summed E-state index contributed by atoms with van der Waals surface area (Å²) in [6.45, 7) is 5.95. The minimum atomic E-state index is 0.0544. The van der Waals surface area contributed by atoms with Crippen molar-refractivity contribution in [2.24, 2.45) is 0 Å². The highest BCUT2D eigenvalue weighted by molar-refractivity contribution is 6.08. The third-order valence-electron chi connectivity index (χ3n) is 2.74. The van der Waals surface area contributed by atoms with Crippen molar-refractivity contribution in [2.45, 2.75) is 26.8 Å². The van der Waals surface area contributed by atoms with Crippen LogP contribution in [0.5, 0.6) is 0 Å². The first-order chi connectivity index (χ1) is 7.61. The van der Waals surface area contributed by atoms with E-state index in [4.69, 9.17) is 0 Å². The lowest BCUT2D eigenvalue weighted by Gasteiger charge is -2.15. The Morgan fingerprint density at radius 1 is 1.25 bits per heavy atom. The number of rotatable bonds is 1. The molecular weight excluding hydrogens is 200 g/mol. The van der Waals surface area contributed by atoms with Crippen molar-refractivity contribution in [1.82, 2.24) is 5.43 Å². The zero-order valence-corrected chi connectivity index (χ0v) is 9.82. The molecule has 1 amide bonds. The number of hydrogen-bond acceptors (Lipinski definition) is 2. The lowest BCUT2D eigenvalue weighted by Crippen LogP contribution is -2.36. The number of para-hydroxylation sites is 1. The summed E-state index contributed by atoms with van der Waals surface area (Å²) in [4.78, 5) is 12.2. The van der Waals surface area contributed by atoms with Gasteiger partial charge in [0.05, 0.1) is 11.7 Å². The fourth-order valence-corrected chi connectivity index (χ4v) is 2.04. The van der Waals surface area contributed by atoms with Crippen LogP contribution in [0.1, 0.15) is 20.8 Å². The van der Waals surface area contributed by atoms with Gasteiger partial charge in [-0.2, -0.15) is 0 Å². The van der Waals surface area contributed by atoms with Gasteiger partial charge in [-0.05, 0) is 32.9 Å². The van der Waals surface area contributed by atoms with Crippen LogP contribution in [0, 0.1) is 0 Å². The van der Waals surface area contributed by atoms with Gasteiger partial charge in [-0.1, -0.05) is 23.8 Å². The molecule has 84 valence electrons. The number of nitrogens with one attached hydrogen (secondary N) is 1. The molecule has 3 nitrogen and oxygen atoms in total. The van der Waals surface area contributed by atoms with Crippen molar-refractivity contribution >= 4 is 11.6 Å². The van der Waals surface area contributed by atoms with E-state index in [1.807, 2.05) is 51.1 Å². The molecule has 1 unspecified atom stereocenters. The summed E-state index contributed by atoms with van der Waals surface area (Å²) in [6, 6.07) is 9.72. The van der Waals surface area contributed by atoms with Crippen LogP contribution in [0.15, 0.2) is 41.5 Å². The van der Waals surface area contributed by atoms with E-state index in [-0.39, 0.29) is 11.9 Å². The molecule has 16 heavy (non-hydrogen) atoms. The second kappa shape index (κ2) is 4.10. The smallest absolute Gasteiger partial charge is 0.268 e. The van der Waals surface area contributed by atoms with Crippen LogP contribution in [0.3, 0.4) is 0 Å². The Morgan fingerprint density at radius 3 is 2.38 bits per heavy atom. The number of carbonyl (C=O) groups is 1. The average molecular weight is 216 g/mol. The van der Waals surface area contributed by atoms with Crippen LogP contribution in [-0.4, -0.2) is 11.9 Å². The molecule has 0 bridgehead atoms. The van der Waals surface area contributed by atoms with Gasteiger partial charge in [-0.25, -0.2) is 10.4 Å². The molecule has 1 aromatic rings. The summed E-state index contributed by atoms with van der Waals surface area (Å²) in [5, 5.41) is 1.62. The Kier molecular flexibility index (Phi) is 2.79. The average Bonchev–Trinajstić information content (AvgIpc) is 2.55. The molecule has 1 heterocycles. The second-order valence-electron chi connectivity index (χ2n) is 4.24. The van der Waals surface area contributed by atoms with Crippen molar-refractivity contribution in [3.63, 3.8) is 0 Å². The summed E-state index contributed by atoms with van der Waals surface area (Å²) in [5.74, 6) is 0.0544. The third-order valence-corrected chi connectivity index (χ3v) is 2.74. The third kappa shape index (κ3) is 1.74. The van der Waals surface area contributed by atoms with Gasteiger partial charge in [0.2, 0.25) is 0 Å². The number of hydrogen-bond donors (Lipinski definition) is 1. The Hall–Kier alpha value is -1.61. The summed E-state index contributed by atoms with van der Waals surface area (Å²) in [7, 11) is 0. The summed E-state index contributed by atoms with van der Waals surface area (Å²) < 4.78 is 0. The highest BCUT2D eigenvalue weighted by Gasteiger charge is 2.33. The number of allylic oxidation sites excluding steroid dienone is 1. The molecule has 1 fully saturated rings. The van der Waals surface area contributed by atoms with E-state index in [0.29, 0.717) is 0 Å². The van der Waals surface area contributed by atoms with Gasteiger partial charge < -0.3 is 0 Å². The Morgan fingerprint density at radius 2 is 1.88 bits per heavy atom. The Balaban J connectivity index is 2.36. The molecule has 1 aromatic carbocycles. The normalized spacial score (nSPS) is 20.4. The van der Waals surface area contributed by atoms with Crippen LogP contribution in [-0.2, 0) is 4.79 Å². The van der Waals surface area contributed by atoms with E-state index in [9.17, 15) is 4.79 Å². The molecule has 1 aliphatic rings. The summed E-state index contributed by atoms with van der Waals surface area (Å²) in [6.07, 6.45) is 0. The maximum atomic E-state index is 12.2. The molecule has 0 spiro atoms. The summed E-state index contributed by atoms with van der Waals surface area (Å²) in [5.41, 5.74) is 6.00. The summed E-state index contributed by atoms with van der Waals surface area (Å²) >= 11 is 0. The van der Waals surface area contributed by atoms with E-state index in [1.54, 1.807) is 5.01 Å². The molecule has 1 aliphatic heterocycles. The zero-order chi connectivity index (χ0) is 11.7. The van der Waals surface area contributed by atoms with Crippen molar-refractivity contribution < 1.29 is 4.79 Å². The first-order valence-corrected chi connectivity index (χ1v) is 5.44. The van der Waals surface area contributed by atoms with E-state index in [0.717, 1.165) is 16.8 Å². The topological polar surface area (TPSA) is 32.3 Å². The quantitative estimate of drug-likeness (QED) is 0.730. The largest absolute Gasteiger partial charge is 0.270 e. The number of benzene rings is 1. The van der Waals surface area contributed by atoms with Gasteiger partial charge in [-0.3, -0.25) is 4.79 Å². The van der Waals surface area contributed by atoms with Crippen LogP contribution in [0.4, 0.5) is 5.69 Å². The predicted octanol–water partition coefficient (Wildman–Crippen LogP) is 2.26. The number of hydrazine groups is 1. The van der Waals surface area contributed by atoms with Crippen LogP contribution in [0.2, 0.25) is 0 Å². The first-order valence-electron chi connectivity index (χ1n) is 5.44. The van der Waals surface area contributed by atoms with Gasteiger partial charge in [0, 0.05) is 5.57 Å². The van der Waals surface area contributed by atoms with Gasteiger partial charge in [0.15, 0.2) is 0 Å². The predicted molar refractivity (Wildman–Crippen MR) is 64.9 cm³/mol. The highest BCUT2D eigenvalue weighted by Crippen LogP contribution is 2.23. The highest BCUT2D eigenvalue weighted by atomic mass is 16.2. The van der Waals surface area contributed by atoms with E-state index in [1.165, 1.54) is 0 Å². The zero-order valence-electron chi connectivity index (χ0n) is 9.82. The number of amides is 1. The lowest BCUT2D eigenvalue weighted by atomic mass is 10.1. The Labute approximate surface area is 95.7 Å². The van der Waals surface area contributed by atoms with Gasteiger partial charge in [0.25, 0.3) is 5.91 Å². The van der Waals surface area contributed by atoms with Gasteiger partial charge >= 0.3 is 0 Å². The number of carbonyl (C=O) groups excluding carboxylic acids is 1. The minimum Gasteiger partial charge on any atom is -0.268 e. The lowest BCUT2D eigenvalue weighted by molar-refractivity contribution is -0.114. The van der Waals surface area contributed by atoms with Crippen molar-refractivity contribution in [3.05, 3.63) is 41.5 Å². The van der Waals surface area contributed by atoms with Gasteiger partial charge in [-0.15, -0.1) is 0 Å². The van der Waals surface area contributed by atoms with E-state index < -0.39 is 0 Å². The van der Waals surface area contributed by atoms with Crippen LogP contribution < -0.4 is 10.4 Å². The second-order valence-corrected chi connectivity index (χ2v) is 4.24. The minimum absolute atomic E-state index is 0.0544. The van der Waals surface area contributed by atoms with Crippen molar-refractivity contribution in [1.29, 1.82) is 0 Å². The molecule has 1 atom stereocenters. The molecular formula is C13H16N2O. The van der Waals surface area contributed by atoms with Crippen molar-refractivity contribution in [2.75, 3.05) is 5.01 Å². The molecule has 1 N–H and O–H groups in total. The van der Waals surface area contributed by atoms with Crippen molar-refractivity contribution in [3.8, 4) is 0 Å². The molecule has 0 aromatic heterocycles. The molecule has 1 saturated heterocycles. The maximum absolute atomic E-state index is 12.2. The maximum Gasteiger partial charge on any atom is 0.270 e. The van der Waals surface area contributed by atoms with Crippen LogP contribution in [0.25, 0.3) is 0 Å². The standard InChI is InChI=1S/C13H16N2O/c1-9(2)12-10(3)14-15(13(12)16)11-7-5-4-6-8-11/h4-8,10,14H,1-3H3. The number of anilines is 1. The van der Waals surface area contributed by atoms with Crippen LogP contribution >= 0.6 is 0 Å². The fourth-order valence-electron chi connectivity index (χ4n) is 2.04. The number of nitrogens with zero attached hydrogens (tertiary/aromatic N) is 1.